The molecule has 0 radical (unpaired) electrons. The first-order valence-corrected chi connectivity index (χ1v) is 6.78. The van der Waals surface area contributed by atoms with Crippen molar-refractivity contribution in [2.75, 3.05) is 7.05 Å². The van der Waals surface area contributed by atoms with Gasteiger partial charge in [0.2, 0.25) is 0 Å². The third-order valence-corrected chi connectivity index (χ3v) is 3.52. The summed E-state index contributed by atoms with van der Waals surface area (Å²) >= 11 is 0. The minimum absolute atomic E-state index is 0.196. The highest BCUT2D eigenvalue weighted by Crippen LogP contribution is 2.33. The van der Waals surface area contributed by atoms with Crippen LogP contribution in [0.15, 0.2) is 24.3 Å². The van der Waals surface area contributed by atoms with Gasteiger partial charge < -0.3 is 10.4 Å². The maximum absolute atomic E-state index is 11.4. The third-order valence-electron chi connectivity index (χ3n) is 3.52. The molecule has 0 saturated carbocycles. The number of carboxylic acids is 1. The molecule has 0 amide bonds. The Bertz CT molecular complexity index is 421. The molecule has 0 saturated heterocycles. The minimum Gasteiger partial charge on any atom is -0.481 e. The lowest BCUT2D eigenvalue weighted by Gasteiger charge is -2.30. The van der Waals surface area contributed by atoms with Gasteiger partial charge in [-0.05, 0) is 44.4 Å². The summed E-state index contributed by atoms with van der Waals surface area (Å²) in [6, 6.07) is 8.06. The smallest absolute Gasteiger partial charge is 0.311 e. The number of nitrogens with one attached hydrogen (secondary N) is 1. The van der Waals surface area contributed by atoms with E-state index in [9.17, 15) is 9.90 Å². The summed E-state index contributed by atoms with van der Waals surface area (Å²) in [5, 5.41) is 12.5. The Morgan fingerprint density at radius 3 is 2.16 bits per heavy atom. The Kier molecular flexibility index (Phi) is 5.12. The van der Waals surface area contributed by atoms with E-state index in [1.165, 1.54) is 5.56 Å². The lowest BCUT2D eigenvalue weighted by Crippen LogP contribution is -2.38. The highest BCUT2D eigenvalue weighted by Gasteiger charge is 2.36. The fourth-order valence-corrected chi connectivity index (χ4v) is 2.39. The minimum atomic E-state index is -0.839. The third kappa shape index (κ3) is 3.80. The van der Waals surface area contributed by atoms with Crippen molar-refractivity contribution in [3.05, 3.63) is 35.4 Å². The molecule has 0 heterocycles. The van der Waals surface area contributed by atoms with Gasteiger partial charge in [-0.3, -0.25) is 4.79 Å². The van der Waals surface area contributed by atoms with Crippen molar-refractivity contribution in [2.45, 2.75) is 40.2 Å². The van der Waals surface area contributed by atoms with Crippen LogP contribution >= 0.6 is 0 Å². The van der Waals surface area contributed by atoms with E-state index in [4.69, 9.17) is 0 Å². The van der Waals surface area contributed by atoms with Crippen LogP contribution in [0.4, 0.5) is 0 Å². The SMILES string of the molecule is CNC(c1ccc(CC(C)C)cc1)C(C)(C)C(=O)O. The molecule has 1 unspecified atom stereocenters. The Morgan fingerprint density at radius 1 is 1.26 bits per heavy atom. The Hall–Kier alpha value is -1.35. The quantitative estimate of drug-likeness (QED) is 0.828. The van der Waals surface area contributed by atoms with E-state index >= 15 is 0 Å². The van der Waals surface area contributed by atoms with E-state index in [-0.39, 0.29) is 6.04 Å². The molecule has 0 fully saturated rings. The number of hydrogen-bond donors (Lipinski definition) is 2. The summed E-state index contributed by atoms with van der Waals surface area (Å²) in [6.07, 6.45) is 1.05. The average Bonchev–Trinajstić information content (AvgIpc) is 2.31. The van der Waals surface area contributed by atoms with Crippen LogP contribution < -0.4 is 5.32 Å². The number of rotatable bonds is 6. The second-order valence-electron chi connectivity index (χ2n) is 6.09. The molecule has 19 heavy (non-hydrogen) atoms. The van der Waals surface area contributed by atoms with Crippen LogP contribution in [-0.4, -0.2) is 18.1 Å². The van der Waals surface area contributed by atoms with Crippen molar-refractivity contribution in [3.8, 4) is 0 Å². The molecule has 1 atom stereocenters. The van der Waals surface area contributed by atoms with E-state index in [1.54, 1.807) is 20.9 Å². The molecule has 0 spiro atoms. The molecule has 1 rings (SSSR count). The molecule has 0 aromatic heterocycles. The predicted molar refractivity (Wildman–Crippen MR) is 78.2 cm³/mol. The molecule has 1 aromatic carbocycles. The van der Waals surface area contributed by atoms with Crippen molar-refractivity contribution < 1.29 is 9.90 Å². The molecule has 0 aliphatic carbocycles. The van der Waals surface area contributed by atoms with Crippen molar-refractivity contribution in [3.63, 3.8) is 0 Å². The second kappa shape index (κ2) is 6.20. The summed E-state index contributed by atoms with van der Waals surface area (Å²) in [5.41, 5.74) is 1.47. The van der Waals surface area contributed by atoms with Crippen molar-refractivity contribution in [1.29, 1.82) is 0 Å². The Labute approximate surface area is 116 Å². The van der Waals surface area contributed by atoms with Gasteiger partial charge >= 0.3 is 5.97 Å². The second-order valence-corrected chi connectivity index (χ2v) is 6.09. The van der Waals surface area contributed by atoms with Crippen LogP contribution in [0.25, 0.3) is 0 Å². The fourth-order valence-electron chi connectivity index (χ4n) is 2.39. The number of carbonyl (C=O) groups is 1. The highest BCUT2D eigenvalue weighted by atomic mass is 16.4. The van der Waals surface area contributed by atoms with Gasteiger partial charge in [-0.1, -0.05) is 38.1 Å². The van der Waals surface area contributed by atoms with Gasteiger partial charge in [0, 0.05) is 6.04 Å². The van der Waals surface area contributed by atoms with Crippen LogP contribution in [0.1, 0.15) is 44.9 Å². The van der Waals surface area contributed by atoms with E-state index in [0.717, 1.165) is 12.0 Å². The molecular weight excluding hydrogens is 238 g/mol. The van der Waals surface area contributed by atoms with E-state index < -0.39 is 11.4 Å². The first-order valence-electron chi connectivity index (χ1n) is 6.78. The van der Waals surface area contributed by atoms with Gasteiger partial charge in [0.25, 0.3) is 0 Å². The summed E-state index contributed by atoms with van der Waals surface area (Å²) in [4.78, 5) is 11.4. The van der Waals surface area contributed by atoms with Gasteiger partial charge in [0.05, 0.1) is 5.41 Å². The van der Waals surface area contributed by atoms with Gasteiger partial charge in [0.1, 0.15) is 0 Å². The number of hydrogen-bond acceptors (Lipinski definition) is 2. The standard InChI is InChI=1S/C16H25NO2/c1-11(2)10-12-6-8-13(9-7-12)14(17-5)16(3,4)15(18)19/h6-9,11,14,17H,10H2,1-5H3,(H,18,19). The molecule has 0 aliphatic rings. The first kappa shape index (κ1) is 15.7. The monoisotopic (exact) mass is 263 g/mol. The molecule has 0 aliphatic heterocycles. The van der Waals surface area contributed by atoms with Crippen molar-refractivity contribution in [1.82, 2.24) is 5.32 Å². The van der Waals surface area contributed by atoms with Crippen LogP contribution in [0.2, 0.25) is 0 Å². The summed E-state index contributed by atoms with van der Waals surface area (Å²) < 4.78 is 0. The zero-order chi connectivity index (χ0) is 14.6. The van der Waals surface area contributed by atoms with E-state index in [1.807, 2.05) is 12.1 Å². The zero-order valence-corrected chi connectivity index (χ0v) is 12.5. The van der Waals surface area contributed by atoms with Gasteiger partial charge in [0.15, 0.2) is 0 Å². The van der Waals surface area contributed by atoms with Crippen LogP contribution in [0.3, 0.4) is 0 Å². The Balaban J connectivity index is 2.97. The van der Waals surface area contributed by atoms with Crippen molar-refractivity contribution in [2.24, 2.45) is 11.3 Å². The zero-order valence-electron chi connectivity index (χ0n) is 12.5. The number of benzene rings is 1. The van der Waals surface area contributed by atoms with Crippen LogP contribution in [0, 0.1) is 11.3 Å². The van der Waals surface area contributed by atoms with Crippen molar-refractivity contribution >= 4 is 5.97 Å². The maximum atomic E-state index is 11.4. The fraction of sp³-hybridized carbons (Fsp3) is 0.562. The van der Waals surface area contributed by atoms with Crippen LogP contribution in [-0.2, 0) is 11.2 Å². The lowest BCUT2D eigenvalue weighted by atomic mass is 9.80. The summed E-state index contributed by atoms with van der Waals surface area (Å²) in [6.45, 7) is 7.88. The molecule has 106 valence electrons. The van der Waals surface area contributed by atoms with E-state index in [2.05, 4.69) is 31.3 Å². The van der Waals surface area contributed by atoms with E-state index in [0.29, 0.717) is 5.92 Å². The molecular formula is C16H25NO2. The molecule has 0 bridgehead atoms. The largest absolute Gasteiger partial charge is 0.481 e. The normalized spacial score (nSPS) is 13.6. The average molecular weight is 263 g/mol. The van der Waals surface area contributed by atoms with Gasteiger partial charge in [-0.15, -0.1) is 0 Å². The number of aliphatic carboxylic acids is 1. The molecule has 3 heteroatoms. The van der Waals surface area contributed by atoms with Gasteiger partial charge in [-0.2, -0.15) is 0 Å². The van der Waals surface area contributed by atoms with Crippen LogP contribution in [0.5, 0.6) is 0 Å². The van der Waals surface area contributed by atoms with Gasteiger partial charge in [-0.25, -0.2) is 0 Å². The summed E-state index contributed by atoms with van der Waals surface area (Å²) in [7, 11) is 1.80. The topological polar surface area (TPSA) is 49.3 Å². The maximum Gasteiger partial charge on any atom is 0.311 e. The first-order chi connectivity index (χ1) is 8.78. The molecule has 2 N–H and O–H groups in total. The Morgan fingerprint density at radius 2 is 1.79 bits per heavy atom. The highest BCUT2D eigenvalue weighted by molar-refractivity contribution is 5.75. The summed E-state index contributed by atoms with van der Waals surface area (Å²) in [5.74, 6) is -0.167. The molecule has 3 nitrogen and oxygen atoms in total. The number of carboxylic acid groups (broad SMARTS) is 1. The predicted octanol–water partition coefficient (Wildman–Crippen LogP) is 3.26. The molecule has 1 aromatic rings. The lowest BCUT2D eigenvalue weighted by molar-refractivity contribution is -0.148.